The van der Waals surface area contributed by atoms with Crippen LogP contribution in [0, 0.1) is 21.4 Å². The first-order valence-corrected chi connectivity index (χ1v) is 8.31. The van der Waals surface area contributed by atoms with Crippen molar-refractivity contribution in [3.63, 3.8) is 0 Å². The number of nitriles is 1. The van der Waals surface area contributed by atoms with Crippen LogP contribution in [0.1, 0.15) is 5.56 Å². The summed E-state index contributed by atoms with van der Waals surface area (Å²) in [7, 11) is 0. The zero-order chi connectivity index (χ0) is 20.1. The number of hydrogen-bond donors (Lipinski definition) is 1. The van der Waals surface area contributed by atoms with E-state index in [-0.39, 0.29) is 29.5 Å². The number of nitro groups is 1. The summed E-state index contributed by atoms with van der Waals surface area (Å²) in [6.45, 7) is -0.306. The molecule has 1 aromatic heterocycles. The molecular weight excluding hydrogens is 386 g/mol. The lowest BCUT2D eigenvalue weighted by atomic mass is 10.1. The lowest BCUT2D eigenvalue weighted by Crippen LogP contribution is -2.20. The Labute approximate surface area is 164 Å². The van der Waals surface area contributed by atoms with E-state index in [0.717, 1.165) is 0 Å². The van der Waals surface area contributed by atoms with Crippen LogP contribution in [0.15, 0.2) is 59.0 Å². The second-order valence-corrected chi connectivity index (χ2v) is 6.00. The highest BCUT2D eigenvalue weighted by atomic mass is 35.5. The Morgan fingerprint density at radius 1 is 1.25 bits per heavy atom. The van der Waals surface area contributed by atoms with Gasteiger partial charge in [0.25, 0.3) is 11.6 Å². The van der Waals surface area contributed by atoms with Gasteiger partial charge in [-0.3, -0.25) is 20.2 Å². The molecule has 0 saturated heterocycles. The molecule has 3 aromatic rings. The summed E-state index contributed by atoms with van der Waals surface area (Å²) in [5, 5.41) is 23.2. The van der Waals surface area contributed by atoms with Crippen molar-refractivity contribution in [2.45, 2.75) is 0 Å². The minimum absolute atomic E-state index is 0.0614. The van der Waals surface area contributed by atoms with Gasteiger partial charge >= 0.3 is 0 Å². The molecule has 0 radical (unpaired) electrons. The second kappa shape index (κ2) is 8.24. The van der Waals surface area contributed by atoms with Gasteiger partial charge in [-0.05, 0) is 24.3 Å². The number of rotatable bonds is 6. The van der Waals surface area contributed by atoms with E-state index in [1.165, 1.54) is 24.3 Å². The molecule has 0 aliphatic carbocycles. The standard InChI is InChI=1S/C19H12ClN3O5/c20-14-4-6-16(7-5-14)27-11-18(24)22-19-13(10-21)9-17(28-19)12-2-1-3-15(8-12)23(25)26/h1-9H,11H2,(H,22,24). The smallest absolute Gasteiger partial charge is 0.270 e. The minimum atomic E-state index is -0.536. The van der Waals surface area contributed by atoms with Crippen LogP contribution in [0.25, 0.3) is 11.3 Å². The fourth-order valence-corrected chi connectivity index (χ4v) is 2.45. The molecule has 1 heterocycles. The molecule has 0 atom stereocenters. The van der Waals surface area contributed by atoms with E-state index < -0.39 is 10.8 Å². The number of non-ortho nitro benzene ring substituents is 1. The maximum atomic E-state index is 12.1. The summed E-state index contributed by atoms with van der Waals surface area (Å²) in [5.74, 6) is 0.0751. The average molecular weight is 398 g/mol. The molecule has 0 aliphatic rings. The zero-order valence-corrected chi connectivity index (χ0v) is 15.0. The molecule has 28 heavy (non-hydrogen) atoms. The van der Waals surface area contributed by atoms with Gasteiger partial charge in [0.15, 0.2) is 6.61 Å². The molecule has 0 unspecified atom stereocenters. The third-order valence-electron chi connectivity index (χ3n) is 3.63. The minimum Gasteiger partial charge on any atom is -0.484 e. The Balaban J connectivity index is 1.73. The van der Waals surface area contributed by atoms with Crippen molar-refractivity contribution in [2.75, 3.05) is 11.9 Å². The van der Waals surface area contributed by atoms with E-state index in [9.17, 15) is 20.2 Å². The zero-order valence-electron chi connectivity index (χ0n) is 14.2. The van der Waals surface area contributed by atoms with Crippen molar-refractivity contribution in [3.8, 4) is 23.1 Å². The van der Waals surface area contributed by atoms with Crippen LogP contribution in [0.4, 0.5) is 11.6 Å². The lowest BCUT2D eigenvalue weighted by Gasteiger charge is -2.06. The monoisotopic (exact) mass is 397 g/mol. The summed E-state index contributed by atoms with van der Waals surface area (Å²) in [5.41, 5.74) is 0.374. The predicted octanol–water partition coefficient (Wildman–Crippen LogP) is 4.40. The Bertz CT molecular complexity index is 1070. The van der Waals surface area contributed by atoms with Crippen LogP contribution in [0.5, 0.6) is 5.75 Å². The maximum Gasteiger partial charge on any atom is 0.270 e. The lowest BCUT2D eigenvalue weighted by molar-refractivity contribution is -0.384. The van der Waals surface area contributed by atoms with Crippen molar-refractivity contribution < 1.29 is 18.9 Å². The highest BCUT2D eigenvalue weighted by Crippen LogP contribution is 2.30. The summed E-state index contributed by atoms with van der Waals surface area (Å²) >= 11 is 5.78. The molecule has 1 N–H and O–H groups in total. The van der Waals surface area contributed by atoms with Crippen molar-refractivity contribution in [2.24, 2.45) is 0 Å². The molecule has 2 aromatic carbocycles. The Morgan fingerprint density at radius 2 is 2.00 bits per heavy atom. The Hall–Kier alpha value is -3.83. The van der Waals surface area contributed by atoms with Crippen molar-refractivity contribution in [1.29, 1.82) is 5.26 Å². The molecule has 0 bridgehead atoms. The fraction of sp³-hybridized carbons (Fsp3) is 0.0526. The van der Waals surface area contributed by atoms with Gasteiger partial charge in [0.05, 0.1) is 4.92 Å². The van der Waals surface area contributed by atoms with Crippen LogP contribution in [-0.4, -0.2) is 17.4 Å². The fourth-order valence-electron chi connectivity index (χ4n) is 2.32. The van der Waals surface area contributed by atoms with Crippen LogP contribution >= 0.6 is 11.6 Å². The number of nitrogens with zero attached hydrogens (tertiary/aromatic N) is 2. The van der Waals surface area contributed by atoms with Crippen LogP contribution in [0.3, 0.4) is 0 Å². The first kappa shape index (κ1) is 18.9. The van der Waals surface area contributed by atoms with E-state index in [0.29, 0.717) is 16.3 Å². The SMILES string of the molecule is N#Cc1cc(-c2cccc([N+](=O)[O-])c2)oc1NC(=O)COc1ccc(Cl)cc1. The molecule has 9 heteroatoms. The molecule has 8 nitrogen and oxygen atoms in total. The van der Waals surface area contributed by atoms with Gasteiger partial charge in [0.1, 0.15) is 23.1 Å². The van der Waals surface area contributed by atoms with Crippen molar-refractivity contribution in [1.82, 2.24) is 0 Å². The van der Waals surface area contributed by atoms with Gasteiger partial charge in [-0.25, -0.2) is 0 Å². The summed E-state index contributed by atoms with van der Waals surface area (Å²) < 4.78 is 10.8. The highest BCUT2D eigenvalue weighted by molar-refractivity contribution is 6.30. The number of carbonyl (C=O) groups is 1. The first-order valence-electron chi connectivity index (χ1n) is 7.93. The van der Waals surface area contributed by atoms with E-state index in [4.69, 9.17) is 20.8 Å². The molecule has 0 fully saturated rings. The molecule has 0 aliphatic heterocycles. The van der Waals surface area contributed by atoms with Crippen molar-refractivity contribution >= 4 is 29.1 Å². The topological polar surface area (TPSA) is 118 Å². The number of benzene rings is 2. The van der Waals surface area contributed by atoms with E-state index in [1.54, 1.807) is 30.3 Å². The maximum absolute atomic E-state index is 12.1. The van der Waals surface area contributed by atoms with Gasteiger partial charge in [-0.1, -0.05) is 23.7 Å². The highest BCUT2D eigenvalue weighted by Gasteiger charge is 2.17. The van der Waals surface area contributed by atoms with E-state index in [2.05, 4.69) is 5.32 Å². The largest absolute Gasteiger partial charge is 0.484 e. The number of nitrogens with one attached hydrogen (secondary N) is 1. The quantitative estimate of drug-likeness (QED) is 0.486. The molecule has 140 valence electrons. The molecular formula is C19H12ClN3O5. The molecule has 0 saturated carbocycles. The van der Waals surface area contributed by atoms with Gasteiger partial charge in [0.2, 0.25) is 5.88 Å². The number of amides is 1. The molecule has 0 spiro atoms. The van der Waals surface area contributed by atoms with Crippen LogP contribution in [0.2, 0.25) is 5.02 Å². The molecule has 1 amide bonds. The van der Waals surface area contributed by atoms with Crippen molar-refractivity contribution in [3.05, 3.63) is 75.3 Å². The van der Waals surface area contributed by atoms with Gasteiger partial charge in [-0.15, -0.1) is 0 Å². The Kier molecular flexibility index (Phi) is 5.58. The average Bonchev–Trinajstić information content (AvgIpc) is 3.10. The van der Waals surface area contributed by atoms with Crippen LogP contribution in [-0.2, 0) is 4.79 Å². The number of hydrogen-bond acceptors (Lipinski definition) is 6. The number of ether oxygens (including phenoxy) is 1. The Morgan fingerprint density at radius 3 is 2.68 bits per heavy atom. The summed E-state index contributed by atoms with van der Waals surface area (Å²) in [6, 6.07) is 15.5. The number of furan rings is 1. The summed E-state index contributed by atoms with van der Waals surface area (Å²) in [4.78, 5) is 22.5. The summed E-state index contributed by atoms with van der Waals surface area (Å²) in [6.07, 6.45) is 0. The first-order chi connectivity index (χ1) is 13.5. The van der Waals surface area contributed by atoms with Gasteiger partial charge < -0.3 is 9.15 Å². The van der Waals surface area contributed by atoms with Gasteiger partial charge in [-0.2, -0.15) is 5.26 Å². The third-order valence-corrected chi connectivity index (χ3v) is 3.88. The van der Waals surface area contributed by atoms with Gasteiger partial charge in [0, 0.05) is 28.8 Å². The van der Waals surface area contributed by atoms with Crippen LogP contribution < -0.4 is 10.1 Å². The number of anilines is 1. The van der Waals surface area contributed by atoms with E-state index in [1.807, 2.05) is 6.07 Å². The number of carbonyl (C=O) groups excluding carboxylic acids is 1. The number of halogens is 1. The third kappa shape index (κ3) is 4.47. The number of nitro benzene ring substituents is 1. The molecule has 3 rings (SSSR count). The van der Waals surface area contributed by atoms with E-state index >= 15 is 0 Å². The normalized spacial score (nSPS) is 10.1. The second-order valence-electron chi connectivity index (χ2n) is 5.56. The predicted molar refractivity (Wildman–Crippen MR) is 101 cm³/mol.